The molecule has 8 heteroatoms. The van der Waals surface area contributed by atoms with Gasteiger partial charge >= 0.3 is 0 Å². The van der Waals surface area contributed by atoms with Crippen LogP contribution in [0.3, 0.4) is 0 Å². The molecule has 1 N–H and O–H groups in total. The van der Waals surface area contributed by atoms with Crippen molar-refractivity contribution in [3.8, 4) is 0 Å². The molecule has 150 valence electrons. The van der Waals surface area contributed by atoms with Crippen LogP contribution in [0.4, 0.5) is 5.95 Å². The Balaban J connectivity index is 1.39. The van der Waals surface area contributed by atoms with E-state index in [4.69, 9.17) is 0 Å². The predicted molar refractivity (Wildman–Crippen MR) is 115 cm³/mol. The van der Waals surface area contributed by atoms with Crippen LogP contribution in [0, 0.1) is 5.92 Å². The van der Waals surface area contributed by atoms with Crippen molar-refractivity contribution in [2.45, 2.75) is 19.1 Å². The normalized spacial score (nSPS) is 22.4. The van der Waals surface area contributed by atoms with Gasteiger partial charge in [0.15, 0.2) is 5.96 Å². The zero-order valence-corrected chi connectivity index (χ0v) is 17.7. The van der Waals surface area contributed by atoms with Gasteiger partial charge in [0.05, 0.1) is 0 Å². The first-order valence-electron chi connectivity index (χ1n) is 9.99. The number of hydrogen-bond donors (Lipinski definition) is 1. The van der Waals surface area contributed by atoms with Crippen LogP contribution in [0.25, 0.3) is 0 Å². The zero-order valence-electron chi connectivity index (χ0n) is 16.8. The molecule has 3 heterocycles. The summed E-state index contributed by atoms with van der Waals surface area (Å²) < 4.78 is 0. The van der Waals surface area contributed by atoms with Gasteiger partial charge < -0.3 is 15.1 Å². The van der Waals surface area contributed by atoms with E-state index in [-0.39, 0.29) is 0 Å². The number of guanidine groups is 1. The molecule has 7 nitrogen and oxygen atoms in total. The number of anilines is 1. The Hall–Kier alpha value is -1.54. The largest absolute Gasteiger partial charge is 0.355 e. The maximum Gasteiger partial charge on any atom is 0.225 e. The van der Waals surface area contributed by atoms with Crippen LogP contribution in [0.2, 0.25) is 0 Å². The molecule has 2 aliphatic rings. The molecule has 1 atom stereocenters. The summed E-state index contributed by atoms with van der Waals surface area (Å²) in [6.45, 7) is 12.9. The molecule has 0 amide bonds. The number of nitrogens with one attached hydrogen (secondary N) is 1. The molecule has 0 spiro atoms. The fourth-order valence-corrected chi connectivity index (χ4v) is 4.85. The van der Waals surface area contributed by atoms with Crippen LogP contribution >= 0.6 is 11.8 Å². The number of thioether (sulfide) groups is 1. The topological polar surface area (TPSA) is 59.9 Å². The lowest BCUT2D eigenvalue weighted by Gasteiger charge is -2.37. The first kappa shape index (κ1) is 20.2. The van der Waals surface area contributed by atoms with E-state index in [0.717, 1.165) is 64.3 Å². The Morgan fingerprint density at radius 3 is 2.63 bits per heavy atom. The Kier molecular flexibility index (Phi) is 7.58. The minimum atomic E-state index is 0.700. The van der Waals surface area contributed by atoms with Crippen molar-refractivity contribution >= 4 is 23.7 Å². The molecule has 0 saturated carbocycles. The van der Waals surface area contributed by atoms with Crippen LogP contribution in [0.15, 0.2) is 23.5 Å². The van der Waals surface area contributed by atoms with E-state index in [2.05, 4.69) is 60.6 Å². The first-order chi connectivity index (χ1) is 13.2. The van der Waals surface area contributed by atoms with E-state index in [0.29, 0.717) is 11.2 Å². The number of rotatable bonds is 5. The van der Waals surface area contributed by atoms with E-state index < -0.39 is 0 Å². The average Bonchev–Trinajstić information content (AvgIpc) is 2.72. The molecule has 1 unspecified atom stereocenters. The molecule has 1 aromatic heterocycles. The number of aromatic nitrogens is 2. The molecule has 0 aromatic carbocycles. The third-order valence-corrected chi connectivity index (χ3v) is 6.81. The number of aliphatic imine (C=N–C) groups is 1. The Labute approximate surface area is 167 Å². The molecule has 3 rings (SSSR count). The second-order valence-electron chi connectivity index (χ2n) is 7.45. The summed E-state index contributed by atoms with van der Waals surface area (Å²) in [4.78, 5) is 20.4. The second kappa shape index (κ2) is 10.1. The molecule has 0 aliphatic carbocycles. The molecule has 2 aliphatic heterocycles. The molecule has 0 bridgehead atoms. The lowest BCUT2D eigenvalue weighted by atomic mass is 10.1. The number of nitrogens with zero attached hydrogens (tertiary/aromatic N) is 6. The molecular weight excluding hydrogens is 358 g/mol. The van der Waals surface area contributed by atoms with Gasteiger partial charge in [-0.3, -0.25) is 9.89 Å². The van der Waals surface area contributed by atoms with Crippen LogP contribution in [-0.2, 0) is 0 Å². The lowest BCUT2D eigenvalue weighted by Crippen LogP contribution is -2.52. The summed E-state index contributed by atoms with van der Waals surface area (Å²) in [6.07, 6.45) is 3.63. The fraction of sp³-hybridized carbons (Fsp3) is 0.737. The molecular formula is C19H33N7S. The minimum absolute atomic E-state index is 0.700. The van der Waals surface area contributed by atoms with Gasteiger partial charge in [0.1, 0.15) is 0 Å². The summed E-state index contributed by atoms with van der Waals surface area (Å²) in [5, 5.41) is 4.28. The van der Waals surface area contributed by atoms with Crippen LogP contribution in [0.5, 0.6) is 0 Å². The average molecular weight is 392 g/mol. The highest BCUT2D eigenvalue weighted by Crippen LogP contribution is 2.24. The van der Waals surface area contributed by atoms with Crippen LogP contribution in [0.1, 0.15) is 13.8 Å². The van der Waals surface area contributed by atoms with Crippen molar-refractivity contribution in [3.63, 3.8) is 0 Å². The van der Waals surface area contributed by atoms with Gasteiger partial charge in [-0.05, 0) is 12.0 Å². The highest BCUT2D eigenvalue weighted by molar-refractivity contribution is 8.00. The van der Waals surface area contributed by atoms with Crippen molar-refractivity contribution in [3.05, 3.63) is 18.5 Å². The summed E-state index contributed by atoms with van der Waals surface area (Å²) in [7, 11) is 1.90. The van der Waals surface area contributed by atoms with Gasteiger partial charge in [0.2, 0.25) is 5.95 Å². The van der Waals surface area contributed by atoms with Gasteiger partial charge in [-0.25, -0.2) is 9.97 Å². The van der Waals surface area contributed by atoms with Gasteiger partial charge in [-0.1, -0.05) is 13.8 Å². The van der Waals surface area contributed by atoms with Crippen molar-refractivity contribution in [2.24, 2.45) is 10.9 Å². The zero-order chi connectivity index (χ0) is 19.1. The molecule has 1 aromatic rings. The second-order valence-corrected chi connectivity index (χ2v) is 8.80. The van der Waals surface area contributed by atoms with Crippen molar-refractivity contribution in [2.75, 3.05) is 70.1 Å². The van der Waals surface area contributed by atoms with Gasteiger partial charge in [0, 0.05) is 82.8 Å². The van der Waals surface area contributed by atoms with E-state index in [1.165, 1.54) is 5.75 Å². The Bertz CT molecular complexity index is 587. The number of hydrogen-bond acceptors (Lipinski definition) is 6. The third kappa shape index (κ3) is 5.72. The SMILES string of the molecule is CN=C(NCCN1CCN(c2ncccn2)CC1)N1CCSC(C(C)C)C1. The highest BCUT2D eigenvalue weighted by atomic mass is 32.2. The molecule has 0 radical (unpaired) electrons. The minimum Gasteiger partial charge on any atom is -0.355 e. The summed E-state index contributed by atoms with van der Waals surface area (Å²) in [5.41, 5.74) is 0. The smallest absolute Gasteiger partial charge is 0.225 e. The van der Waals surface area contributed by atoms with Crippen molar-refractivity contribution in [1.29, 1.82) is 0 Å². The predicted octanol–water partition coefficient (Wildman–Crippen LogP) is 1.25. The fourth-order valence-electron chi connectivity index (χ4n) is 3.56. The quantitative estimate of drug-likeness (QED) is 0.599. The Morgan fingerprint density at radius 1 is 1.22 bits per heavy atom. The molecule has 2 fully saturated rings. The lowest BCUT2D eigenvalue weighted by molar-refractivity contribution is 0.259. The standard InChI is InChI=1S/C19H33N7S/c1-16(2)17-15-26(13-14-27-17)18(20-3)23-7-8-24-9-11-25(12-10-24)19-21-5-4-6-22-19/h4-6,16-17H,7-15H2,1-3H3,(H,20,23). The van der Waals surface area contributed by atoms with Crippen molar-refractivity contribution < 1.29 is 0 Å². The first-order valence-corrected chi connectivity index (χ1v) is 11.0. The van der Waals surface area contributed by atoms with E-state index in [9.17, 15) is 0 Å². The maximum absolute atomic E-state index is 4.52. The molecule has 27 heavy (non-hydrogen) atoms. The maximum atomic E-state index is 4.52. The Morgan fingerprint density at radius 2 is 1.96 bits per heavy atom. The number of piperazine rings is 1. The van der Waals surface area contributed by atoms with E-state index in [1.54, 1.807) is 0 Å². The summed E-state index contributed by atoms with van der Waals surface area (Å²) in [6, 6.07) is 1.86. The monoisotopic (exact) mass is 391 g/mol. The summed E-state index contributed by atoms with van der Waals surface area (Å²) >= 11 is 2.10. The van der Waals surface area contributed by atoms with Gasteiger partial charge in [-0.2, -0.15) is 11.8 Å². The third-order valence-electron chi connectivity index (χ3n) is 5.27. The van der Waals surface area contributed by atoms with E-state index in [1.807, 2.05) is 25.5 Å². The van der Waals surface area contributed by atoms with Crippen LogP contribution in [-0.4, -0.2) is 96.1 Å². The van der Waals surface area contributed by atoms with E-state index >= 15 is 0 Å². The van der Waals surface area contributed by atoms with Crippen LogP contribution < -0.4 is 10.2 Å². The van der Waals surface area contributed by atoms with Crippen molar-refractivity contribution in [1.82, 2.24) is 25.1 Å². The molecule has 2 saturated heterocycles. The van der Waals surface area contributed by atoms with Gasteiger partial charge in [0.25, 0.3) is 0 Å². The highest BCUT2D eigenvalue weighted by Gasteiger charge is 2.25. The summed E-state index contributed by atoms with van der Waals surface area (Å²) in [5.74, 6) is 3.80. The van der Waals surface area contributed by atoms with Gasteiger partial charge in [-0.15, -0.1) is 0 Å².